The molecule has 6 heteroatoms. The Balaban J connectivity index is 1.78. The number of benzene rings is 2. The lowest BCUT2D eigenvalue weighted by Gasteiger charge is -2.43. The van der Waals surface area contributed by atoms with Crippen molar-refractivity contribution in [2.24, 2.45) is 0 Å². The maximum absolute atomic E-state index is 13.6. The van der Waals surface area contributed by atoms with Gasteiger partial charge in [0.05, 0.1) is 22.7 Å². The molecular weight excluding hydrogens is 357 g/mol. The average molecular weight is 379 g/mol. The zero-order chi connectivity index (χ0) is 19.7. The first-order valence-electron chi connectivity index (χ1n) is 9.33. The molecule has 1 aromatic heterocycles. The third-order valence-corrected chi connectivity index (χ3v) is 5.37. The monoisotopic (exact) mass is 379 g/mol. The smallest absolute Gasteiger partial charge is 0.252 e. The van der Waals surface area contributed by atoms with Crippen molar-refractivity contribution in [3.8, 4) is 0 Å². The molecule has 0 bridgehead atoms. The highest BCUT2D eigenvalue weighted by molar-refractivity contribution is 6.06. The number of pyridine rings is 1. The molecule has 5 nitrogen and oxygen atoms in total. The third-order valence-electron chi connectivity index (χ3n) is 5.37. The van der Waals surface area contributed by atoms with E-state index in [0.717, 1.165) is 5.56 Å². The molecule has 1 aliphatic rings. The van der Waals surface area contributed by atoms with Crippen molar-refractivity contribution < 1.29 is 14.3 Å². The van der Waals surface area contributed by atoms with Crippen LogP contribution in [0, 0.1) is 12.7 Å². The highest BCUT2D eigenvalue weighted by Gasteiger charge is 2.43. The second-order valence-electron chi connectivity index (χ2n) is 7.23. The van der Waals surface area contributed by atoms with Crippen LogP contribution in [0.25, 0.3) is 10.9 Å². The zero-order valence-electron chi connectivity index (χ0n) is 15.6. The Morgan fingerprint density at radius 1 is 1.25 bits per heavy atom. The Labute approximate surface area is 162 Å². The molecule has 3 aromatic rings. The Morgan fingerprint density at radius 2 is 2.04 bits per heavy atom. The van der Waals surface area contributed by atoms with Crippen molar-refractivity contribution in [3.05, 3.63) is 77.2 Å². The molecule has 1 fully saturated rings. The molecule has 2 aromatic carbocycles. The summed E-state index contributed by atoms with van der Waals surface area (Å²) in [6.07, 6.45) is -0.222. The Kier molecular flexibility index (Phi) is 4.83. The molecule has 1 saturated heterocycles. The fourth-order valence-corrected chi connectivity index (χ4v) is 3.95. The van der Waals surface area contributed by atoms with E-state index in [9.17, 15) is 14.3 Å². The first-order valence-corrected chi connectivity index (χ1v) is 9.33. The number of carbonyl (C=O) groups excluding carboxylic acids is 1. The molecule has 0 unspecified atom stereocenters. The lowest BCUT2D eigenvalue weighted by Crippen LogP contribution is -2.61. The fourth-order valence-electron chi connectivity index (χ4n) is 3.95. The molecule has 2 heterocycles. The van der Waals surface area contributed by atoms with Crippen LogP contribution in [-0.2, 0) is 5.54 Å². The lowest BCUT2D eigenvalue weighted by atomic mass is 9.79. The van der Waals surface area contributed by atoms with Crippen LogP contribution >= 0.6 is 0 Å². The third kappa shape index (κ3) is 3.25. The van der Waals surface area contributed by atoms with Gasteiger partial charge < -0.3 is 15.7 Å². The zero-order valence-corrected chi connectivity index (χ0v) is 15.6. The average Bonchev–Trinajstić information content (AvgIpc) is 2.69. The molecule has 28 heavy (non-hydrogen) atoms. The quantitative estimate of drug-likeness (QED) is 0.654. The van der Waals surface area contributed by atoms with E-state index < -0.39 is 17.5 Å². The fraction of sp³-hybridized carbons (Fsp3) is 0.273. The number of aliphatic hydroxyl groups excluding tert-OH is 1. The van der Waals surface area contributed by atoms with Gasteiger partial charge in [-0.15, -0.1) is 0 Å². The normalized spacial score (nSPS) is 22.2. The minimum Gasteiger partial charge on any atom is -0.389 e. The number of piperidine rings is 1. The summed E-state index contributed by atoms with van der Waals surface area (Å²) >= 11 is 0. The molecule has 2 atom stereocenters. The van der Waals surface area contributed by atoms with Crippen molar-refractivity contribution in [1.29, 1.82) is 0 Å². The first-order chi connectivity index (χ1) is 13.5. The van der Waals surface area contributed by atoms with Crippen molar-refractivity contribution in [3.63, 3.8) is 0 Å². The predicted octanol–water partition coefficient (Wildman–Crippen LogP) is 2.66. The number of aromatic nitrogens is 1. The van der Waals surface area contributed by atoms with Gasteiger partial charge in [-0.25, -0.2) is 4.39 Å². The molecule has 1 amide bonds. The first kappa shape index (κ1) is 18.5. The molecule has 1 aliphatic heterocycles. The van der Waals surface area contributed by atoms with Gasteiger partial charge in [0.15, 0.2) is 0 Å². The second kappa shape index (κ2) is 7.30. The topological polar surface area (TPSA) is 74.2 Å². The number of nitrogens with one attached hydrogen (secondary N) is 2. The Hall–Kier alpha value is -2.83. The Bertz CT molecular complexity index is 1020. The highest BCUT2D eigenvalue weighted by Crippen LogP contribution is 2.32. The maximum Gasteiger partial charge on any atom is 0.252 e. The van der Waals surface area contributed by atoms with Gasteiger partial charge >= 0.3 is 0 Å². The van der Waals surface area contributed by atoms with Crippen LogP contribution in [0.2, 0.25) is 0 Å². The van der Waals surface area contributed by atoms with Crippen molar-refractivity contribution in [2.45, 2.75) is 25.0 Å². The number of halogens is 1. The number of aryl methyl sites for hydroxylation is 1. The SMILES string of the molecule is Cc1cc(C(=O)N[C@@]2(c3ccccc3)CCNC[C@H]2O)c2ccc(F)cc2n1. The summed E-state index contributed by atoms with van der Waals surface area (Å²) in [5.41, 5.74) is 1.45. The van der Waals surface area contributed by atoms with E-state index in [1.807, 2.05) is 30.3 Å². The second-order valence-corrected chi connectivity index (χ2v) is 7.23. The van der Waals surface area contributed by atoms with E-state index in [0.29, 0.717) is 41.7 Å². The predicted molar refractivity (Wildman–Crippen MR) is 106 cm³/mol. The number of hydrogen-bond acceptors (Lipinski definition) is 4. The minimum atomic E-state index is -0.896. The lowest BCUT2D eigenvalue weighted by molar-refractivity contribution is 0.0290. The number of β-amino-alcohol motifs (C(OH)–C–C–N with tert-alkyl or cyclic N) is 1. The summed E-state index contributed by atoms with van der Waals surface area (Å²) in [5.74, 6) is -0.710. The molecule has 144 valence electrons. The van der Waals surface area contributed by atoms with Gasteiger partial charge in [0, 0.05) is 23.7 Å². The summed E-state index contributed by atoms with van der Waals surface area (Å²) in [5, 5.41) is 17.7. The van der Waals surface area contributed by atoms with Crippen molar-refractivity contribution >= 4 is 16.8 Å². The standard InChI is InChI=1S/C22H22FN3O2/c1-14-11-18(17-8-7-16(23)12-19(17)25-14)21(28)26-22(9-10-24-13-20(22)27)15-5-3-2-4-6-15/h2-8,11-12,20,24,27H,9-10,13H2,1H3,(H,26,28)/t20-,22-/m1/s1. The van der Waals surface area contributed by atoms with Gasteiger partial charge in [0.25, 0.3) is 5.91 Å². The van der Waals surface area contributed by atoms with E-state index >= 15 is 0 Å². The van der Waals surface area contributed by atoms with Crippen LogP contribution in [0.15, 0.2) is 54.6 Å². The number of fused-ring (bicyclic) bond motifs is 1. The number of hydrogen-bond donors (Lipinski definition) is 3. The van der Waals surface area contributed by atoms with E-state index in [-0.39, 0.29) is 5.91 Å². The van der Waals surface area contributed by atoms with Crippen LogP contribution in [0.3, 0.4) is 0 Å². The van der Waals surface area contributed by atoms with E-state index in [2.05, 4.69) is 15.6 Å². The van der Waals surface area contributed by atoms with Gasteiger partial charge in [-0.05, 0) is 43.7 Å². The van der Waals surface area contributed by atoms with Gasteiger partial charge in [0.1, 0.15) is 5.82 Å². The molecule has 4 rings (SSSR count). The van der Waals surface area contributed by atoms with E-state index in [1.165, 1.54) is 12.1 Å². The van der Waals surface area contributed by atoms with Crippen LogP contribution < -0.4 is 10.6 Å². The number of nitrogens with zero attached hydrogens (tertiary/aromatic N) is 1. The molecule has 0 radical (unpaired) electrons. The van der Waals surface area contributed by atoms with Gasteiger partial charge in [-0.1, -0.05) is 30.3 Å². The highest BCUT2D eigenvalue weighted by atomic mass is 19.1. The molecule has 0 saturated carbocycles. The summed E-state index contributed by atoms with van der Waals surface area (Å²) in [7, 11) is 0. The molecule has 0 spiro atoms. The van der Waals surface area contributed by atoms with E-state index in [4.69, 9.17) is 0 Å². The number of amides is 1. The summed E-state index contributed by atoms with van der Waals surface area (Å²) < 4.78 is 13.6. The van der Waals surface area contributed by atoms with Crippen molar-refractivity contribution in [2.75, 3.05) is 13.1 Å². The van der Waals surface area contributed by atoms with Crippen LogP contribution in [0.1, 0.15) is 28.0 Å². The van der Waals surface area contributed by atoms with Gasteiger partial charge in [0.2, 0.25) is 0 Å². The summed E-state index contributed by atoms with van der Waals surface area (Å²) in [6.45, 7) is 2.83. The summed E-state index contributed by atoms with van der Waals surface area (Å²) in [4.78, 5) is 17.7. The number of carbonyl (C=O) groups is 1. The van der Waals surface area contributed by atoms with Crippen LogP contribution in [-0.4, -0.2) is 35.2 Å². The molecule has 0 aliphatic carbocycles. The van der Waals surface area contributed by atoms with Crippen LogP contribution in [0.4, 0.5) is 4.39 Å². The molecule has 3 N–H and O–H groups in total. The number of rotatable bonds is 3. The summed E-state index contributed by atoms with van der Waals surface area (Å²) in [6, 6.07) is 15.4. The minimum absolute atomic E-state index is 0.313. The van der Waals surface area contributed by atoms with Gasteiger partial charge in [-0.2, -0.15) is 0 Å². The largest absolute Gasteiger partial charge is 0.389 e. The number of aliphatic hydroxyl groups is 1. The van der Waals surface area contributed by atoms with E-state index in [1.54, 1.807) is 19.1 Å². The Morgan fingerprint density at radius 3 is 2.79 bits per heavy atom. The van der Waals surface area contributed by atoms with Crippen molar-refractivity contribution in [1.82, 2.24) is 15.6 Å². The maximum atomic E-state index is 13.6. The molecular formula is C22H22FN3O2. The van der Waals surface area contributed by atoms with Gasteiger partial charge in [-0.3, -0.25) is 9.78 Å². The van der Waals surface area contributed by atoms with Crippen LogP contribution in [0.5, 0.6) is 0 Å².